The van der Waals surface area contributed by atoms with E-state index in [1.807, 2.05) is 4.68 Å². The van der Waals surface area contributed by atoms with Crippen molar-refractivity contribution in [3.05, 3.63) is 52.8 Å². The van der Waals surface area contributed by atoms with Gasteiger partial charge in [-0.3, -0.25) is 9.48 Å². The smallest absolute Gasteiger partial charge is 0.331 e. The molecule has 1 unspecified atom stereocenters. The molecule has 1 atom stereocenters. The number of sulfone groups is 1. The summed E-state index contributed by atoms with van der Waals surface area (Å²) in [6, 6.07) is 4.72. The number of halogens is 3. The zero-order valence-electron chi connectivity index (χ0n) is 22.7. The van der Waals surface area contributed by atoms with E-state index in [0.29, 0.717) is 50.9 Å². The van der Waals surface area contributed by atoms with Gasteiger partial charge in [-0.1, -0.05) is 18.2 Å². The van der Waals surface area contributed by atoms with Crippen LogP contribution in [0.3, 0.4) is 0 Å². The van der Waals surface area contributed by atoms with Gasteiger partial charge in [0.15, 0.2) is 9.84 Å². The number of carbonyl (C=O) groups is 2. The summed E-state index contributed by atoms with van der Waals surface area (Å²) in [5.41, 5.74) is 0.762. The van der Waals surface area contributed by atoms with E-state index in [-0.39, 0.29) is 54.1 Å². The van der Waals surface area contributed by atoms with Crippen LogP contribution in [0.15, 0.2) is 30.5 Å². The molecule has 0 radical (unpaired) electrons. The highest BCUT2D eigenvalue weighted by Crippen LogP contribution is 2.45. The number of aromatic nitrogens is 2. The number of hydrogen-bond acceptors (Lipinski definition) is 5. The standard InChI is InChI=1S/C28H34F3N5O4S/c29-28(30,31)23-5-2-1-4-21(23)24-6-3-11-35(24)26(37)22-18-32-36(25(22)19-7-8-19)20-9-12-33(13-10-20)27(38)34-14-16-41(39,40)17-15-34/h1-2,4-5,18-20,24H,3,6-17H2. The van der Waals surface area contributed by atoms with Crippen LogP contribution in [0, 0.1) is 0 Å². The van der Waals surface area contributed by atoms with Crippen molar-refractivity contribution in [3.8, 4) is 0 Å². The molecule has 1 aromatic carbocycles. The van der Waals surface area contributed by atoms with Crippen LogP contribution in [0.4, 0.5) is 18.0 Å². The molecule has 1 saturated carbocycles. The van der Waals surface area contributed by atoms with Gasteiger partial charge in [0, 0.05) is 38.6 Å². The molecule has 3 amide bonds. The minimum atomic E-state index is -4.50. The second-order valence-electron chi connectivity index (χ2n) is 11.5. The summed E-state index contributed by atoms with van der Waals surface area (Å²) in [5.74, 6) is -0.104. The molecule has 4 aliphatic rings. The first-order valence-corrected chi connectivity index (χ1v) is 16.1. The number of likely N-dealkylation sites (tertiary alicyclic amines) is 2. The van der Waals surface area contributed by atoms with Crippen molar-refractivity contribution in [1.29, 1.82) is 0 Å². The Labute approximate surface area is 237 Å². The summed E-state index contributed by atoms with van der Waals surface area (Å²) in [6.45, 7) is 1.82. The van der Waals surface area contributed by atoms with Crippen LogP contribution in [0.5, 0.6) is 0 Å². The molecular formula is C28H34F3N5O4S. The fraction of sp³-hybridized carbons (Fsp3) is 0.607. The van der Waals surface area contributed by atoms with Crippen molar-refractivity contribution in [2.45, 2.75) is 62.7 Å². The fourth-order valence-corrected chi connectivity index (χ4v) is 7.73. The van der Waals surface area contributed by atoms with Gasteiger partial charge in [-0.2, -0.15) is 18.3 Å². The monoisotopic (exact) mass is 593 g/mol. The number of carbonyl (C=O) groups excluding carboxylic acids is 2. The third kappa shape index (κ3) is 5.56. The Kier molecular flexibility index (Phi) is 7.27. The highest BCUT2D eigenvalue weighted by molar-refractivity contribution is 7.91. The first-order valence-electron chi connectivity index (χ1n) is 14.3. The van der Waals surface area contributed by atoms with Crippen LogP contribution in [0.2, 0.25) is 0 Å². The van der Waals surface area contributed by atoms with Crippen molar-refractivity contribution >= 4 is 21.8 Å². The predicted molar refractivity (Wildman–Crippen MR) is 144 cm³/mol. The number of rotatable bonds is 4. The number of nitrogens with zero attached hydrogens (tertiary/aromatic N) is 5. The second-order valence-corrected chi connectivity index (χ2v) is 13.8. The largest absolute Gasteiger partial charge is 0.416 e. The molecule has 6 rings (SSSR count). The lowest BCUT2D eigenvalue weighted by Crippen LogP contribution is -2.51. The minimum Gasteiger partial charge on any atom is -0.331 e. The van der Waals surface area contributed by atoms with Crippen LogP contribution >= 0.6 is 0 Å². The summed E-state index contributed by atoms with van der Waals surface area (Å²) < 4.78 is 66.7. The van der Waals surface area contributed by atoms with E-state index in [1.165, 1.54) is 12.1 Å². The van der Waals surface area contributed by atoms with E-state index < -0.39 is 27.6 Å². The molecule has 0 spiro atoms. The lowest BCUT2D eigenvalue weighted by molar-refractivity contribution is -0.138. The van der Waals surface area contributed by atoms with Gasteiger partial charge >= 0.3 is 12.2 Å². The van der Waals surface area contributed by atoms with Crippen LogP contribution < -0.4 is 0 Å². The normalized spacial score (nSPS) is 23.7. The van der Waals surface area contributed by atoms with E-state index in [2.05, 4.69) is 5.10 Å². The molecule has 41 heavy (non-hydrogen) atoms. The molecule has 3 saturated heterocycles. The first kappa shape index (κ1) is 28.0. The molecule has 1 aliphatic carbocycles. The van der Waals surface area contributed by atoms with Crippen molar-refractivity contribution in [3.63, 3.8) is 0 Å². The van der Waals surface area contributed by atoms with Gasteiger partial charge < -0.3 is 14.7 Å². The van der Waals surface area contributed by atoms with Crippen molar-refractivity contribution in [2.24, 2.45) is 0 Å². The molecule has 0 bridgehead atoms. The summed E-state index contributed by atoms with van der Waals surface area (Å²) in [4.78, 5) is 31.8. The van der Waals surface area contributed by atoms with Gasteiger partial charge in [-0.15, -0.1) is 0 Å². The molecule has 4 heterocycles. The van der Waals surface area contributed by atoms with Gasteiger partial charge in [0.25, 0.3) is 5.91 Å². The zero-order chi connectivity index (χ0) is 28.9. The predicted octanol–water partition coefficient (Wildman–Crippen LogP) is 4.24. The number of hydrogen-bond donors (Lipinski definition) is 0. The Balaban J connectivity index is 1.18. The Hall–Kier alpha value is -3.09. The van der Waals surface area contributed by atoms with Gasteiger partial charge in [-0.25, -0.2) is 13.2 Å². The van der Waals surface area contributed by atoms with Gasteiger partial charge in [0.2, 0.25) is 0 Å². The molecular weight excluding hydrogens is 559 g/mol. The topological polar surface area (TPSA) is 95.8 Å². The van der Waals surface area contributed by atoms with Crippen LogP contribution in [-0.2, 0) is 16.0 Å². The maximum absolute atomic E-state index is 13.9. The fourth-order valence-electron chi connectivity index (χ4n) is 6.53. The lowest BCUT2D eigenvalue weighted by Gasteiger charge is -2.37. The summed E-state index contributed by atoms with van der Waals surface area (Å²) in [5, 5.41) is 4.63. The first-order chi connectivity index (χ1) is 19.5. The molecule has 1 aromatic heterocycles. The van der Waals surface area contributed by atoms with Crippen molar-refractivity contribution in [2.75, 3.05) is 44.2 Å². The number of urea groups is 1. The molecule has 13 heteroatoms. The average Bonchev–Trinajstić information content (AvgIpc) is 3.49. The van der Waals surface area contributed by atoms with Gasteiger partial charge in [-0.05, 0) is 50.2 Å². The molecule has 4 fully saturated rings. The second kappa shape index (κ2) is 10.6. The third-order valence-electron chi connectivity index (χ3n) is 8.86. The van der Waals surface area contributed by atoms with E-state index in [1.54, 1.807) is 27.0 Å². The SMILES string of the molecule is O=C(N1CCC(n2ncc(C(=O)N3CCCC3c3ccccc3C(F)(F)F)c2C2CC2)CC1)N1CCS(=O)(=O)CC1. The van der Waals surface area contributed by atoms with Crippen LogP contribution in [0.1, 0.15) is 83.7 Å². The quantitative estimate of drug-likeness (QED) is 0.529. The van der Waals surface area contributed by atoms with E-state index >= 15 is 0 Å². The molecule has 0 N–H and O–H groups in total. The average molecular weight is 594 g/mol. The Bertz CT molecular complexity index is 1420. The zero-order valence-corrected chi connectivity index (χ0v) is 23.5. The molecule has 9 nitrogen and oxygen atoms in total. The Morgan fingerprint density at radius 1 is 0.878 bits per heavy atom. The number of amides is 3. The highest BCUT2D eigenvalue weighted by atomic mass is 32.2. The highest BCUT2D eigenvalue weighted by Gasteiger charge is 2.42. The molecule has 2 aromatic rings. The molecule has 3 aliphatic heterocycles. The number of piperidine rings is 1. The minimum absolute atomic E-state index is 0.00161. The van der Waals surface area contributed by atoms with Gasteiger partial charge in [0.1, 0.15) is 0 Å². The number of alkyl halides is 3. The Morgan fingerprint density at radius 3 is 2.20 bits per heavy atom. The van der Waals surface area contributed by atoms with E-state index in [9.17, 15) is 31.2 Å². The van der Waals surface area contributed by atoms with Gasteiger partial charge in [0.05, 0.1) is 46.6 Å². The Morgan fingerprint density at radius 2 is 1.54 bits per heavy atom. The summed E-state index contributed by atoms with van der Waals surface area (Å²) in [7, 11) is -3.08. The lowest BCUT2D eigenvalue weighted by atomic mass is 9.97. The van der Waals surface area contributed by atoms with Crippen molar-refractivity contribution < 1.29 is 31.2 Å². The van der Waals surface area contributed by atoms with Crippen LogP contribution in [0.25, 0.3) is 0 Å². The molecule has 222 valence electrons. The van der Waals surface area contributed by atoms with E-state index in [0.717, 1.165) is 24.6 Å². The van der Waals surface area contributed by atoms with Crippen molar-refractivity contribution in [1.82, 2.24) is 24.5 Å². The number of benzene rings is 1. The summed E-state index contributed by atoms with van der Waals surface area (Å²) in [6.07, 6.45) is 1.35. The third-order valence-corrected chi connectivity index (χ3v) is 10.5. The maximum Gasteiger partial charge on any atom is 0.416 e. The van der Waals surface area contributed by atoms with E-state index in [4.69, 9.17) is 0 Å². The maximum atomic E-state index is 13.9. The summed E-state index contributed by atoms with van der Waals surface area (Å²) >= 11 is 0. The van der Waals surface area contributed by atoms with Crippen LogP contribution in [-0.4, -0.2) is 89.1 Å².